The van der Waals surface area contributed by atoms with Crippen LogP contribution in [0, 0.1) is 5.92 Å². The highest BCUT2D eigenvalue weighted by atomic mass is 16.2. The van der Waals surface area contributed by atoms with Gasteiger partial charge in [0.15, 0.2) is 0 Å². The number of H-pyrrole nitrogens is 1. The van der Waals surface area contributed by atoms with Crippen LogP contribution in [0.25, 0.3) is 10.9 Å². The van der Waals surface area contributed by atoms with Crippen molar-refractivity contribution in [1.82, 2.24) is 14.9 Å². The molecule has 0 atom stereocenters. The van der Waals surface area contributed by atoms with Crippen molar-refractivity contribution in [3.63, 3.8) is 0 Å². The summed E-state index contributed by atoms with van der Waals surface area (Å²) >= 11 is 0. The average Bonchev–Trinajstić information content (AvgIpc) is 3.39. The van der Waals surface area contributed by atoms with Gasteiger partial charge in [0.1, 0.15) is 6.54 Å². The number of piperidine rings is 1. The van der Waals surface area contributed by atoms with Crippen LogP contribution in [0.2, 0.25) is 0 Å². The molecule has 0 bridgehead atoms. The first-order chi connectivity index (χ1) is 17.2. The average molecular weight is 468 g/mol. The van der Waals surface area contributed by atoms with Crippen LogP contribution in [0.4, 0.5) is 11.4 Å². The molecule has 0 unspecified atom stereocenters. The Bertz CT molecular complexity index is 1280. The Balaban J connectivity index is 1.24. The molecule has 0 saturated carbocycles. The number of likely N-dealkylation sites (tertiary alicyclic amines) is 1. The number of carbonyl (C=O) groups excluding carboxylic acids is 2. The van der Waals surface area contributed by atoms with Crippen LogP contribution in [0.1, 0.15) is 23.2 Å². The molecule has 2 amide bonds. The van der Waals surface area contributed by atoms with Crippen LogP contribution < -0.4 is 10.2 Å². The van der Waals surface area contributed by atoms with Crippen molar-refractivity contribution >= 4 is 34.1 Å². The molecule has 1 aliphatic rings. The first kappa shape index (κ1) is 22.7. The summed E-state index contributed by atoms with van der Waals surface area (Å²) < 4.78 is 0. The number of nitrogens with one attached hydrogen (secondary N) is 2. The van der Waals surface area contributed by atoms with Gasteiger partial charge in [0.2, 0.25) is 5.91 Å². The summed E-state index contributed by atoms with van der Waals surface area (Å²) in [5.74, 6) is 0.299. The quantitative estimate of drug-likeness (QED) is 0.418. The van der Waals surface area contributed by atoms with Gasteiger partial charge in [-0.25, -0.2) is 0 Å². The molecule has 7 nitrogen and oxygen atoms in total. The Morgan fingerprint density at radius 1 is 1.00 bits per heavy atom. The van der Waals surface area contributed by atoms with E-state index in [0.29, 0.717) is 30.3 Å². The molecule has 2 aromatic heterocycles. The third-order valence-corrected chi connectivity index (χ3v) is 6.65. The number of pyridine rings is 1. The molecule has 0 aliphatic carbocycles. The van der Waals surface area contributed by atoms with Crippen molar-refractivity contribution in [2.75, 3.05) is 36.4 Å². The summed E-state index contributed by atoms with van der Waals surface area (Å²) in [6.45, 7) is 2.30. The van der Waals surface area contributed by atoms with Gasteiger partial charge in [-0.15, -0.1) is 0 Å². The van der Waals surface area contributed by atoms with Gasteiger partial charge in [0.25, 0.3) is 5.91 Å². The Labute approximate surface area is 204 Å². The Kier molecular flexibility index (Phi) is 6.75. The fourth-order valence-electron chi connectivity index (χ4n) is 4.58. The lowest BCUT2D eigenvalue weighted by atomic mass is 9.96. The van der Waals surface area contributed by atoms with Crippen LogP contribution in [0.3, 0.4) is 0 Å². The Morgan fingerprint density at radius 3 is 2.54 bits per heavy atom. The predicted octanol–water partition coefficient (Wildman–Crippen LogP) is 4.56. The Hall–Kier alpha value is -4.13. The zero-order chi connectivity index (χ0) is 24.0. The molecule has 0 radical (unpaired) electrons. The molecule has 5 rings (SSSR count). The number of para-hydroxylation sites is 1. The number of nitrogens with zero attached hydrogens (tertiary/aromatic N) is 3. The van der Waals surface area contributed by atoms with Gasteiger partial charge in [-0.3, -0.25) is 19.5 Å². The largest absolute Gasteiger partial charge is 0.385 e. The van der Waals surface area contributed by atoms with E-state index in [1.54, 1.807) is 17.3 Å². The van der Waals surface area contributed by atoms with Crippen molar-refractivity contribution in [2.24, 2.45) is 5.92 Å². The molecule has 2 N–H and O–H groups in total. The minimum atomic E-state index is -0.183. The van der Waals surface area contributed by atoms with E-state index in [0.717, 1.165) is 36.0 Å². The van der Waals surface area contributed by atoms with Crippen molar-refractivity contribution in [2.45, 2.75) is 12.8 Å². The summed E-state index contributed by atoms with van der Waals surface area (Å²) in [5.41, 5.74) is 3.23. The van der Waals surface area contributed by atoms with E-state index in [9.17, 15) is 9.59 Å². The molecule has 1 fully saturated rings. The number of carbonyl (C=O) groups is 2. The summed E-state index contributed by atoms with van der Waals surface area (Å²) in [7, 11) is 0. The zero-order valence-electron chi connectivity index (χ0n) is 19.6. The molecular weight excluding hydrogens is 438 g/mol. The van der Waals surface area contributed by atoms with E-state index in [4.69, 9.17) is 0 Å². The highest BCUT2D eigenvalue weighted by Crippen LogP contribution is 2.22. The van der Waals surface area contributed by atoms with Gasteiger partial charge in [-0.2, -0.15) is 0 Å². The second kappa shape index (κ2) is 10.4. The number of aromatic nitrogens is 2. The molecule has 4 aromatic rings. The first-order valence-electron chi connectivity index (χ1n) is 12.0. The molecular formula is C28H29N5O2. The number of benzene rings is 2. The monoisotopic (exact) mass is 467 g/mol. The van der Waals surface area contributed by atoms with Crippen LogP contribution in [-0.4, -0.2) is 52.9 Å². The predicted molar refractivity (Wildman–Crippen MR) is 138 cm³/mol. The van der Waals surface area contributed by atoms with Crippen molar-refractivity contribution in [3.8, 4) is 0 Å². The number of hydrogen-bond donors (Lipinski definition) is 2. The number of amides is 2. The normalized spacial score (nSPS) is 14.1. The summed E-state index contributed by atoms with van der Waals surface area (Å²) in [4.78, 5) is 37.5. The minimum Gasteiger partial charge on any atom is -0.385 e. The molecule has 2 aromatic carbocycles. The maximum atomic E-state index is 13.5. The van der Waals surface area contributed by atoms with E-state index in [2.05, 4.69) is 15.3 Å². The van der Waals surface area contributed by atoms with Crippen LogP contribution in [-0.2, 0) is 4.79 Å². The maximum absolute atomic E-state index is 13.5. The smallest absolute Gasteiger partial charge is 0.258 e. The molecule has 35 heavy (non-hydrogen) atoms. The van der Waals surface area contributed by atoms with Gasteiger partial charge in [-0.1, -0.05) is 24.3 Å². The lowest BCUT2D eigenvalue weighted by molar-refractivity contribution is -0.130. The van der Waals surface area contributed by atoms with Crippen molar-refractivity contribution < 1.29 is 9.59 Å². The standard InChI is InChI=1S/C28H29N5O2/c34-27(32-16-11-21(12-17-32)19-31-24-9-13-29-14-10-24)20-33(25-4-2-1-3-5-25)28(35)23-7-6-22-8-15-30-26(22)18-23/h1-10,13-15,18,21,30H,11-12,16-17,19-20H2,(H,29,31). The molecule has 1 aliphatic heterocycles. The topological polar surface area (TPSA) is 81.3 Å². The van der Waals surface area contributed by atoms with Gasteiger partial charge in [0.05, 0.1) is 0 Å². The first-order valence-corrected chi connectivity index (χ1v) is 12.0. The summed E-state index contributed by atoms with van der Waals surface area (Å²) in [6, 6.07) is 20.9. The van der Waals surface area contributed by atoms with Crippen molar-refractivity contribution in [1.29, 1.82) is 0 Å². The SMILES string of the molecule is O=C(CN(C(=O)c1ccc2cc[nH]c2c1)c1ccccc1)N1CCC(CNc2ccncc2)CC1. The van der Waals surface area contributed by atoms with Gasteiger partial charge in [-0.05, 0) is 66.6 Å². The van der Waals surface area contributed by atoms with E-state index in [1.807, 2.05) is 77.8 Å². The second-order valence-corrected chi connectivity index (χ2v) is 8.95. The summed E-state index contributed by atoms with van der Waals surface area (Å²) in [5, 5.41) is 4.50. The fourth-order valence-corrected chi connectivity index (χ4v) is 4.58. The van der Waals surface area contributed by atoms with Crippen LogP contribution in [0.5, 0.6) is 0 Å². The lowest BCUT2D eigenvalue weighted by Gasteiger charge is -2.34. The van der Waals surface area contributed by atoms with E-state index >= 15 is 0 Å². The minimum absolute atomic E-state index is 0.0194. The van der Waals surface area contributed by atoms with Crippen LogP contribution in [0.15, 0.2) is 85.3 Å². The maximum Gasteiger partial charge on any atom is 0.258 e. The van der Waals surface area contributed by atoms with Crippen molar-refractivity contribution in [3.05, 3.63) is 90.9 Å². The third kappa shape index (κ3) is 5.35. The molecule has 7 heteroatoms. The van der Waals surface area contributed by atoms with E-state index in [1.165, 1.54) is 0 Å². The number of rotatable bonds is 7. The lowest BCUT2D eigenvalue weighted by Crippen LogP contribution is -2.46. The van der Waals surface area contributed by atoms with Gasteiger partial charge < -0.3 is 15.2 Å². The number of fused-ring (bicyclic) bond motifs is 1. The molecule has 3 heterocycles. The highest BCUT2D eigenvalue weighted by molar-refractivity contribution is 6.10. The number of aromatic amines is 1. The highest BCUT2D eigenvalue weighted by Gasteiger charge is 2.27. The number of anilines is 2. The molecule has 0 spiro atoms. The number of hydrogen-bond acceptors (Lipinski definition) is 4. The van der Waals surface area contributed by atoms with Gasteiger partial charge in [0, 0.05) is 60.7 Å². The summed E-state index contributed by atoms with van der Waals surface area (Å²) in [6.07, 6.45) is 7.28. The van der Waals surface area contributed by atoms with Gasteiger partial charge >= 0.3 is 0 Å². The zero-order valence-corrected chi connectivity index (χ0v) is 19.6. The second-order valence-electron chi connectivity index (χ2n) is 8.95. The van der Waals surface area contributed by atoms with Crippen LogP contribution >= 0.6 is 0 Å². The van der Waals surface area contributed by atoms with E-state index in [-0.39, 0.29) is 18.4 Å². The molecule has 178 valence electrons. The third-order valence-electron chi connectivity index (χ3n) is 6.65. The van der Waals surface area contributed by atoms with E-state index < -0.39 is 0 Å². The Morgan fingerprint density at radius 2 is 1.77 bits per heavy atom. The molecule has 1 saturated heterocycles. The fraction of sp³-hybridized carbons (Fsp3) is 0.250.